The molecule has 1 fully saturated rings. The van der Waals surface area contributed by atoms with Gasteiger partial charge in [-0.15, -0.1) is 0 Å². The summed E-state index contributed by atoms with van der Waals surface area (Å²) in [6.07, 6.45) is 10.3. The van der Waals surface area contributed by atoms with Crippen LogP contribution in [-0.4, -0.2) is 27.2 Å². The van der Waals surface area contributed by atoms with Crippen LogP contribution < -0.4 is 10.6 Å². The number of nitrogens with zero attached hydrogens (tertiary/aromatic N) is 3. The number of rotatable bonds is 7. The molecule has 3 rings (SSSR count). The van der Waals surface area contributed by atoms with E-state index in [4.69, 9.17) is 4.52 Å². The van der Waals surface area contributed by atoms with Gasteiger partial charge in [-0.3, -0.25) is 0 Å². The molecule has 0 bridgehead atoms. The van der Waals surface area contributed by atoms with Crippen molar-refractivity contribution in [1.29, 1.82) is 0 Å². The second-order valence-corrected chi connectivity index (χ2v) is 6.90. The van der Waals surface area contributed by atoms with E-state index < -0.39 is 0 Å². The first kappa shape index (κ1) is 17.7. The summed E-state index contributed by atoms with van der Waals surface area (Å²) in [4.78, 5) is 9.00. The highest BCUT2D eigenvalue weighted by Crippen LogP contribution is 2.30. The summed E-state index contributed by atoms with van der Waals surface area (Å²) < 4.78 is 5.30. The molecule has 2 heterocycles. The maximum absolute atomic E-state index is 5.30. The number of pyridine rings is 1. The van der Waals surface area contributed by atoms with Gasteiger partial charge in [0.15, 0.2) is 5.82 Å². The fourth-order valence-electron chi connectivity index (χ4n) is 3.37. The van der Waals surface area contributed by atoms with E-state index in [1.54, 1.807) is 0 Å². The lowest BCUT2D eigenvalue weighted by Gasteiger charge is -2.26. The van der Waals surface area contributed by atoms with Gasteiger partial charge in [-0.05, 0) is 38.7 Å². The first-order valence-electron chi connectivity index (χ1n) is 9.53. The minimum absolute atomic E-state index is 0.424. The standard InChI is InChI=1S/C19H29N5O/c1-4-15(5-2)22-17-11-14(19-21-13(3)24-25-19)12-20-18(17)23-16-9-7-6-8-10-16/h11-12,15-16,22H,4-10H2,1-3H3,(H,20,23). The molecule has 1 saturated carbocycles. The van der Waals surface area contributed by atoms with Crippen LogP contribution in [0.1, 0.15) is 64.6 Å². The van der Waals surface area contributed by atoms with Crippen LogP contribution in [0.4, 0.5) is 11.5 Å². The number of aromatic nitrogens is 3. The molecule has 1 aliphatic carbocycles. The molecule has 136 valence electrons. The molecule has 1 aliphatic rings. The monoisotopic (exact) mass is 343 g/mol. The second-order valence-electron chi connectivity index (χ2n) is 6.90. The zero-order valence-electron chi connectivity index (χ0n) is 15.5. The number of hydrogen-bond donors (Lipinski definition) is 2. The molecule has 0 aromatic carbocycles. The molecular weight excluding hydrogens is 314 g/mol. The second kappa shape index (κ2) is 8.32. The summed E-state index contributed by atoms with van der Waals surface area (Å²) in [5, 5.41) is 11.2. The third kappa shape index (κ3) is 4.50. The van der Waals surface area contributed by atoms with Crippen molar-refractivity contribution in [3.05, 3.63) is 18.1 Å². The van der Waals surface area contributed by atoms with Crippen LogP contribution in [0.3, 0.4) is 0 Å². The Kier molecular flexibility index (Phi) is 5.89. The first-order chi connectivity index (χ1) is 12.2. The van der Waals surface area contributed by atoms with Crippen LogP contribution in [0.5, 0.6) is 0 Å². The largest absolute Gasteiger partial charge is 0.379 e. The predicted octanol–water partition coefficient (Wildman–Crippen LogP) is 4.79. The van der Waals surface area contributed by atoms with Gasteiger partial charge in [-0.25, -0.2) is 4.98 Å². The van der Waals surface area contributed by atoms with E-state index in [-0.39, 0.29) is 0 Å². The van der Waals surface area contributed by atoms with Gasteiger partial charge < -0.3 is 15.2 Å². The van der Waals surface area contributed by atoms with Gasteiger partial charge in [0.05, 0.1) is 11.3 Å². The lowest BCUT2D eigenvalue weighted by Crippen LogP contribution is -2.25. The molecular formula is C19H29N5O. The molecule has 0 saturated heterocycles. The molecule has 25 heavy (non-hydrogen) atoms. The minimum Gasteiger partial charge on any atom is -0.379 e. The van der Waals surface area contributed by atoms with Crippen molar-refractivity contribution in [3.63, 3.8) is 0 Å². The first-order valence-corrected chi connectivity index (χ1v) is 9.53. The van der Waals surface area contributed by atoms with Gasteiger partial charge in [-0.1, -0.05) is 38.3 Å². The van der Waals surface area contributed by atoms with E-state index in [0.717, 1.165) is 29.9 Å². The van der Waals surface area contributed by atoms with Crippen LogP contribution in [0.15, 0.2) is 16.8 Å². The quantitative estimate of drug-likeness (QED) is 0.753. The smallest absolute Gasteiger partial charge is 0.259 e. The maximum atomic E-state index is 5.30. The Bertz CT molecular complexity index is 674. The number of hydrogen-bond acceptors (Lipinski definition) is 6. The van der Waals surface area contributed by atoms with E-state index in [2.05, 4.69) is 45.7 Å². The van der Waals surface area contributed by atoms with E-state index in [1.807, 2.05) is 13.1 Å². The number of anilines is 2. The fraction of sp³-hybridized carbons (Fsp3) is 0.632. The van der Waals surface area contributed by atoms with E-state index in [0.29, 0.717) is 23.8 Å². The molecule has 0 radical (unpaired) electrons. The third-order valence-electron chi connectivity index (χ3n) is 4.95. The molecule has 2 N–H and O–H groups in total. The number of nitrogens with one attached hydrogen (secondary N) is 2. The van der Waals surface area contributed by atoms with Gasteiger partial charge in [0.25, 0.3) is 5.89 Å². The van der Waals surface area contributed by atoms with E-state index in [1.165, 1.54) is 32.1 Å². The summed E-state index contributed by atoms with van der Waals surface area (Å²) in [6.45, 7) is 6.23. The van der Waals surface area contributed by atoms with Crippen molar-refractivity contribution in [1.82, 2.24) is 15.1 Å². The highest BCUT2D eigenvalue weighted by molar-refractivity contribution is 5.71. The molecule has 0 spiro atoms. The Labute approximate surface area is 149 Å². The normalized spacial score (nSPS) is 15.5. The zero-order chi connectivity index (χ0) is 17.6. The average Bonchev–Trinajstić information content (AvgIpc) is 3.08. The molecule has 0 atom stereocenters. The lowest BCUT2D eigenvalue weighted by molar-refractivity contribution is 0.425. The minimum atomic E-state index is 0.424. The molecule has 2 aromatic heterocycles. The Morgan fingerprint density at radius 2 is 1.96 bits per heavy atom. The summed E-state index contributed by atoms with van der Waals surface area (Å²) in [5.74, 6) is 2.08. The Morgan fingerprint density at radius 1 is 1.20 bits per heavy atom. The molecule has 6 nitrogen and oxygen atoms in total. The van der Waals surface area contributed by atoms with Crippen LogP contribution in [-0.2, 0) is 0 Å². The van der Waals surface area contributed by atoms with Crippen LogP contribution in [0, 0.1) is 6.92 Å². The number of aryl methyl sites for hydroxylation is 1. The topological polar surface area (TPSA) is 75.9 Å². The van der Waals surface area contributed by atoms with Crippen LogP contribution >= 0.6 is 0 Å². The highest BCUT2D eigenvalue weighted by atomic mass is 16.5. The summed E-state index contributed by atoms with van der Waals surface area (Å²) >= 11 is 0. The van der Waals surface area contributed by atoms with Gasteiger partial charge in [0.2, 0.25) is 0 Å². The van der Waals surface area contributed by atoms with Crippen molar-refractivity contribution >= 4 is 11.5 Å². The Morgan fingerprint density at radius 3 is 2.60 bits per heavy atom. The van der Waals surface area contributed by atoms with Crippen molar-refractivity contribution in [2.24, 2.45) is 0 Å². The molecule has 0 unspecified atom stereocenters. The summed E-state index contributed by atoms with van der Waals surface area (Å²) in [5.41, 5.74) is 1.87. The van der Waals surface area contributed by atoms with Gasteiger partial charge in [-0.2, -0.15) is 4.98 Å². The molecule has 2 aromatic rings. The predicted molar refractivity (Wildman–Crippen MR) is 101 cm³/mol. The zero-order valence-corrected chi connectivity index (χ0v) is 15.5. The van der Waals surface area contributed by atoms with Gasteiger partial charge in [0.1, 0.15) is 5.82 Å². The SMILES string of the molecule is CCC(CC)Nc1cc(-c2nc(C)no2)cnc1NC1CCCCC1. The molecule has 0 amide bonds. The summed E-state index contributed by atoms with van der Waals surface area (Å²) in [7, 11) is 0. The maximum Gasteiger partial charge on any atom is 0.259 e. The van der Waals surface area contributed by atoms with Crippen LogP contribution in [0.2, 0.25) is 0 Å². The fourth-order valence-corrected chi connectivity index (χ4v) is 3.37. The lowest BCUT2D eigenvalue weighted by atomic mass is 9.95. The van der Waals surface area contributed by atoms with Gasteiger partial charge >= 0.3 is 0 Å². The summed E-state index contributed by atoms with van der Waals surface area (Å²) in [6, 6.07) is 3.01. The van der Waals surface area contributed by atoms with Crippen molar-refractivity contribution in [2.75, 3.05) is 10.6 Å². The van der Waals surface area contributed by atoms with Crippen LogP contribution in [0.25, 0.3) is 11.5 Å². The van der Waals surface area contributed by atoms with Crippen molar-refractivity contribution < 1.29 is 4.52 Å². The molecule has 6 heteroatoms. The van der Waals surface area contributed by atoms with Crippen molar-refractivity contribution in [2.45, 2.75) is 77.8 Å². The molecule has 0 aliphatic heterocycles. The Hall–Kier alpha value is -2.11. The highest BCUT2D eigenvalue weighted by Gasteiger charge is 2.18. The van der Waals surface area contributed by atoms with Crippen molar-refractivity contribution in [3.8, 4) is 11.5 Å². The van der Waals surface area contributed by atoms with Gasteiger partial charge in [0, 0.05) is 18.3 Å². The Balaban J connectivity index is 1.86. The van der Waals surface area contributed by atoms with E-state index >= 15 is 0 Å². The third-order valence-corrected chi connectivity index (χ3v) is 4.95. The van der Waals surface area contributed by atoms with E-state index in [9.17, 15) is 0 Å². The average molecular weight is 343 g/mol.